The molecule has 0 aliphatic carbocycles. The fourth-order valence-corrected chi connectivity index (χ4v) is 1.30. The van der Waals surface area contributed by atoms with Crippen molar-refractivity contribution in [3.8, 4) is 0 Å². The number of aromatic nitrogens is 3. The van der Waals surface area contributed by atoms with Crippen LogP contribution in [0.15, 0.2) is 4.73 Å². The molecule has 1 aromatic heterocycles. The second-order valence-electron chi connectivity index (χ2n) is 4.30. The molecule has 14 heavy (non-hydrogen) atoms. The van der Waals surface area contributed by atoms with Crippen LogP contribution in [0, 0.1) is 5.41 Å². The van der Waals surface area contributed by atoms with Crippen LogP contribution in [0.1, 0.15) is 20.8 Å². The topological polar surface area (TPSA) is 77.0 Å². The molecule has 1 atom stereocenters. The summed E-state index contributed by atoms with van der Waals surface area (Å²) in [5, 5.41) is 13.8. The Labute approximate surface area is 91.4 Å². The lowest BCUT2D eigenvalue weighted by Crippen LogP contribution is -2.31. The number of rotatable bonds is 2. The summed E-state index contributed by atoms with van der Waals surface area (Å²) in [4.78, 5) is 3.88. The molecule has 1 aromatic rings. The summed E-state index contributed by atoms with van der Waals surface area (Å²) >= 11 is 3.21. The summed E-state index contributed by atoms with van der Waals surface area (Å²) < 4.78 is 2.09. The molecule has 0 aliphatic heterocycles. The number of aliphatic hydroxyl groups is 1. The lowest BCUT2D eigenvalue weighted by atomic mass is 9.89. The molecule has 1 unspecified atom stereocenters. The molecule has 0 fully saturated rings. The van der Waals surface area contributed by atoms with Crippen molar-refractivity contribution in [3.63, 3.8) is 0 Å². The van der Waals surface area contributed by atoms with Crippen LogP contribution in [0.2, 0.25) is 0 Å². The van der Waals surface area contributed by atoms with Crippen LogP contribution in [0.5, 0.6) is 0 Å². The number of nitrogen functional groups attached to an aromatic ring is 1. The summed E-state index contributed by atoms with van der Waals surface area (Å²) in [6.07, 6.45) is -0.486. The molecule has 3 N–H and O–H groups in total. The van der Waals surface area contributed by atoms with Gasteiger partial charge >= 0.3 is 0 Å². The van der Waals surface area contributed by atoms with Crippen molar-refractivity contribution in [2.75, 3.05) is 5.73 Å². The van der Waals surface area contributed by atoms with E-state index in [0.717, 1.165) is 0 Å². The summed E-state index contributed by atoms with van der Waals surface area (Å²) in [5.41, 5.74) is 5.23. The molecule has 0 saturated carbocycles. The maximum Gasteiger partial charge on any atom is 0.240 e. The molecule has 0 aromatic carbocycles. The van der Waals surface area contributed by atoms with Gasteiger partial charge in [0.25, 0.3) is 0 Å². The predicted molar refractivity (Wildman–Crippen MR) is 57.6 cm³/mol. The second-order valence-corrected chi connectivity index (χ2v) is 5.01. The van der Waals surface area contributed by atoms with E-state index in [0.29, 0.717) is 11.3 Å². The molecule has 80 valence electrons. The molecular formula is C8H15BrN4O. The Bertz CT molecular complexity index is 318. The van der Waals surface area contributed by atoms with E-state index in [9.17, 15) is 5.11 Å². The Morgan fingerprint density at radius 3 is 2.50 bits per heavy atom. The summed E-state index contributed by atoms with van der Waals surface area (Å²) in [5.74, 6) is 0.206. The second kappa shape index (κ2) is 3.86. The molecule has 0 aliphatic rings. The first-order chi connectivity index (χ1) is 6.30. The third kappa shape index (κ3) is 2.68. The number of aliphatic hydroxyl groups excluding tert-OH is 1. The summed E-state index contributed by atoms with van der Waals surface area (Å²) in [7, 11) is 0. The van der Waals surface area contributed by atoms with Crippen molar-refractivity contribution < 1.29 is 5.11 Å². The van der Waals surface area contributed by atoms with Crippen LogP contribution in [0.25, 0.3) is 0 Å². The lowest BCUT2D eigenvalue weighted by Gasteiger charge is -2.25. The summed E-state index contributed by atoms with van der Waals surface area (Å²) in [6.45, 7) is 6.28. The highest BCUT2D eigenvalue weighted by Crippen LogP contribution is 2.21. The van der Waals surface area contributed by atoms with Gasteiger partial charge in [-0.05, 0) is 21.3 Å². The van der Waals surface area contributed by atoms with Crippen LogP contribution in [-0.2, 0) is 6.54 Å². The molecule has 6 heteroatoms. The molecular weight excluding hydrogens is 248 g/mol. The van der Waals surface area contributed by atoms with Gasteiger partial charge in [-0.2, -0.15) is 4.98 Å². The zero-order valence-corrected chi connectivity index (χ0v) is 10.1. The molecule has 0 amide bonds. The van der Waals surface area contributed by atoms with Crippen LogP contribution in [-0.4, -0.2) is 26.0 Å². The number of hydrogen-bond donors (Lipinski definition) is 2. The fourth-order valence-electron chi connectivity index (χ4n) is 0.893. The molecule has 5 nitrogen and oxygen atoms in total. The lowest BCUT2D eigenvalue weighted by molar-refractivity contribution is 0.0444. The fraction of sp³-hybridized carbons (Fsp3) is 0.750. The smallest absolute Gasteiger partial charge is 0.240 e. The first kappa shape index (κ1) is 11.5. The monoisotopic (exact) mass is 262 g/mol. The van der Waals surface area contributed by atoms with Gasteiger partial charge in [0, 0.05) is 0 Å². The van der Waals surface area contributed by atoms with E-state index in [1.54, 1.807) is 4.68 Å². The van der Waals surface area contributed by atoms with Gasteiger partial charge in [-0.15, -0.1) is 5.10 Å². The van der Waals surface area contributed by atoms with E-state index < -0.39 is 6.10 Å². The van der Waals surface area contributed by atoms with Crippen molar-refractivity contribution in [1.29, 1.82) is 0 Å². The van der Waals surface area contributed by atoms with Crippen molar-refractivity contribution in [3.05, 3.63) is 4.73 Å². The van der Waals surface area contributed by atoms with E-state index in [1.165, 1.54) is 0 Å². The van der Waals surface area contributed by atoms with Gasteiger partial charge in [0.05, 0.1) is 12.6 Å². The van der Waals surface area contributed by atoms with E-state index in [4.69, 9.17) is 5.73 Å². The molecule has 0 spiro atoms. The Kier molecular flexibility index (Phi) is 3.16. The minimum absolute atomic E-state index is 0.180. The van der Waals surface area contributed by atoms with Gasteiger partial charge in [0.1, 0.15) is 0 Å². The van der Waals surface area contributed by atoms with Crippen LogP contribution in [0.3, 0.4) is 0 Å². The highest BCUT2D eigenvalue weighted by atomic mass is 79.9. The van der Waals surface area contributed by atoms with Crippen LogP contribution >= 0.6 is 15.9 Å². The first-order valence-corrected chi connectivity index (χ1v) is 5.14. The van der Waals surface area contributed by atoms with Gasteiger partial charge < -0.3 is 10.8 Å². The maximum atomic E-state index is 9.82. The van der Waals surface area contributed by atoms with Gasteiger partial charge in [-0.1, -0.05) is 20.8 Å². The van der Waals surface area contributed by atoms with Crippen molar-refractivity contribution in [2.24, 2.45) is 5.41 Å². The molecule has 1 rings (SSSR count). The van der Waals surface area contributed by atoms with Crippen molar-refractivity contribution in [2.45, 2.75) is 33.4 Å². The van der Waals surface area contributed by atoms with E-state index in [-0.39, 0.29) is 11.4 Å². The van der Waals surface area contributed by atoms with Crippen LogP contribution < -0.4 is 5.73 Å². The predicted octanol–water partition coefficient (Wildman–Crippen LogP) is 1.03. The molecule has 0 bridgehead atoms. The SMILES string of the molecule is CC(C)(C)C(O)Cn1nc(N)nc1Br. The quantitative estimate of drug-likeness (QED) is 0.835. The van der Waals surface area contributed by atoms with E-state index >= 15 is 0 Å². The number of nitrogens with two attached hydrogens (primary N) is 1. The van der Waals surface area contributed by atoms with Crippen molar-refractivity contribution in [1.82, 2.24) is 14.8 Å². The average Bonchev–Trinajstić information content (AvgIpc) is 2.28. The molecule has 1 heterocycles. The Morgan fingerprint density at radius 2 is 2.14 bits per heavy atom. The number of hydrogen-bond acceptors (Lipinski definition) is 4. The number of halogens is 1. The van der Waals surface area contributed by atoms with E-state index in [1.807, 2.05) is 20.8 Å². The number of nitrogens with zero attached hydrogens (tertiary/aromatic N) is 3. The van der Waals surface area contributed by atoms with Gasteiger partial charge in [-0.3, -0.25) is 0 Å². The molecule has 0 saturated heterocycles. The third-order valence-electron chi connectivity index (χ3n) is 1.99. The highest BCUT2D eigenvalue weighted by Gasteiger charge is 2.23. The normalized spacial score (nSPS) is 14.4. The zero-order valence-electron chi connectivity index (χ0n) is 8.53. The van der Waals surface area contributed by atoms with Gasteiger partial charge in [0.15, 0.2) is 4.73 Å². The Hall–Kier alpha value is -0.620. The van der Waals surface area contributed by atoms with Crippen LogP contribution in [0.4, 0.5) is 5.95 Å². The third-order valence-corrected chi connectivity index (χ3v) is 2.58. The van der Waals surface area contributed by atoms with Gasteiger partial charge in [-0.25, -0.2) is 4.68 Å². The van der Waals surface area contributed by atoms with E-state index in [2.05, 4.69) is 26.0 Å². The Morgan fingerprint density at radius 1 is 1.57 bits per heavy atom. The standard InChI is InChI=1S/C8H15BrN4O/c1-8(2,3)5(14)4-13-6(9)11-7(10)12-13/h5,14H,4H2,1-3H3,(H2,10,12). The Balaban J connectivity index is 2.74. The average molecular weight is 263 g/mol. The first-order valence-electron chi connectivity index (χ1n) is 4.34. The largest absolute Gasteiger partial charge is 0.391 e. The number of anilines is 1. The van der Waals surface area contributed by atoms with Gasteiger partial charge in [0.2, 0.25) is 5.95 Å². The van der Waals surface area contributed by atoms with Crippen molar-refractivity contribution >= 4 is 21.9 Å². The maximum absolute atomic E-state index is 9.82. The summed E-state index contributed by atoms with van der Waals surface area (Å²) in [6, 6.07) is 0. The minimum atomic E-state index is -0.486. The minimum Gasteiger partial charge on any atom is -0.391 e. The highest BCUT2D eigenvalue weighted by molar-refractivity contribution is 9.10. The zero-order chi connectivity index (χ0) is 10.9. The molecule has 0 radical (unpaired) electrons.